The molecule has 0 aromatic heterocycles. The van der Waals surface area contributed by atoms with Gasteiger partial charge in [0.15, 0.2) is 0 Å². The molecule has 0 spiro atoms. The zero-order valence-electron chi connectivity index (χ0n) is 11.2. The van der Waals surface area contributed by atoms with Crippen molar-refractivity contribution in [3.05, 3.63) is 65.5 Å². The van der Waals surface area contributed by atoms with Crippen LogP contribution in [0.15, 0.2) is 48.5 Å². The maximum atomic E-state index is 12.8. The second-order valence-corrected chi connectivity index (χ2v) is 4.84. The summed E-state index contributed by atoms with van der Waals surface area (Å²) in [4.78, 5) is 1.99. The molecule has 0 heterocycles. The average Bonchev–Trinajstić information content (AvgIpc) is 2.41. The van der Waals surface area contributed by atoms with Crippen LogP contribution in [0, 0.1) is 5.82 Å². The van der Waals surface area contributed by atoms with Crippen molar-refractivity contribution in [2.45, 2.75) is 12.5 Å². The molecule has 0 bridgehead atoms. The Morgan fingerprint density at radius 2 is 1.79 bits per heavy atom. The molecule has 0 aliphatic carbocycles. The minimum Gasteiger partial charge on any atom is -0.388 e. The lowest BCUT2D eigenvalue weighted by molar-refractivity contribution is 0.178. The van der Waals surface area contributed by atoms with Crippen LogP contribution in [0.3, 0.4) is 0 Å². The Labute approximate surface area is 113 Å². The van der Waals surface area contributed by atoms with Gasteiger partial charge in [0.25, 0.3) is 0 Å². The minimum atomic E-state index is -0.578. The predicted molar refractivity (Wildman–Crippen MR) is 75.8 cm³/mol. The summed E-state index contributed by atoms with van der Waals surface area (Å²) in [6, 6.07) is 14.0. The number of rotatable bonds is 4. The van der Waals surface area contributed by atoms with Gasteiger partial charge in [0.1, 0.15) is 5.82 Å². The van der Waals surface area contributed by atoms with Gasteiger partial charge in [-0.15, -0.1) is 0 Å². The summed E-state index contributed by atoms with van der Waals surface area (Å²) in [6.07, 6.45) is -0.0951. The fraction of sp³-hybridized carbons (Fsp3) is 0.250. The first-order valence-corrected chi connectivity index (χ1v) is 6.26. The van der Waals surface area contributed by atoms with Gasteiger partial charge in [-0.2, -0.15) is 0 Å². The highest BCUT2D eigenvalue weighted by molar-refractivity contribution is 5.47. The summed E-state index contributed by atoms with van der Waals surface area (Å²) in [5.41, 5.74) is 2.84. The fourth-order valence-corrected chi connectivity index (χ4v) is 1.97. The molecule has 2 rings (SSSR count). The highest BCUT2D eigenvalue weighted by Crippen LogP contribution is 2.22. The summed E-state index contributed by atoms with van der Waals surface area (Å²) >= 11 is 0. The minimum absolute atomic E-state index is 0.257. The summed E-state index contributed by atoms with van der Waals surface area (Å²) in [5.74, 6) is -0.257. The molecule has 1 unspecified atom stereocenters. The highest BCUT2D eigenvalue weighted by atomic mass is 19.1. The van der Waals surface area contributed by atoms with Crippen molar-refractivity contribution in [2.75, 3.05) is 19.0 Å². The first kappa shape index (κ1) is 13.6. The molecular weight excluding hydrogens is 241 g/mol. The normalized spacial score (nSPS) is 12.2. The molecule has 2 aromatic rings. The highest BCUT2D eigenvalue weighted by Gasteiger charge is 2.09. The van der Waals surface area contributed by atoms with Crippen molar-refractivity contribution in [2.24, 2.45) is 0 Å². The third kappa shape index (κ3) is 3.55. The molecule has 0 aliphatic rings. The van der Waals surface area contributed by atoms with E-state index in [-0.39, 0.29) is 5.82 Å². The van der Waals surface area contributed by atoms with Gasteiger partial charge in [0.2, 0.25) is 0 Å². The quantitative estimate of drug-likeness (QED) is 0.911. The lowest BCUT2D eigenvalue weighted by atomic mass is 10.0. The van der Waals surface area contributed by atoms with Crippen LogP contribution in [0.1, 0.15) is 17.2 Å². The number of benzene rings is 2. The number of anilines is 1. The van der Waals surface area contributed by atoms with E-state index in [2.05, 4.69) is 0 Å². The van der Waals surface area contributed by atoms with Crippen LogP contribution in [-0.4, -0.2) is 19.2 Å². The van der Waals surface area contributed by atoms with E-state index in [0.717, 1.165) is 16.8 Å². The van der Waals surface area contributed by atoms with Crippen LogP contribution in [0.4, 0.5) is 10.1 Å². The van der Waals surface area contributed by atoms with Gasteiger partial charge >= 0.3 is 0 Å². The van der Waals surface area contributed by atoms with Gasteiger partial charge in [-0.3, -0.25) is 0 Å². The SMILES string of the molecule is CN(C)c1cccc(C(O)Cc2ccc(F)cc2)c1. The van der Waals surface area contributed by atoms with Gasteiger partial charge in [-0.05, 0) is 35.4 Å². The molecule has 0 aliphatic heterocycles. The molecule has 1 atom stereocenters. The Morgan fingerprint density at radius 3 is 2.42 bits per heavy atom. The van der Waals surface area contributed by atoms with Gasteiger partial charge < -0.3 is 10.0 Å². The molecule has 3 heteroatoms. The molecule has 0 fully saturated rings. The van der Waals surface area contributed by atoms with Crippen molar-refractivity contribution in [1.29, 1.82) is 0 Å². The zero-order valence-corrected chi connectivity index (χ0v) is 11.2. The molecular formula is C16H18FNO. The molecule has 0 saturated heterocycles. The smallest absolute Gasteiger partial charge is 0.123 e. The lowest BCUT2D eigenvalue weighted by Crippen LogP contribution is -2.10. The number of hydrogen-bond acceptors (Lipinski definition) is 2. The lowest BCUT2D eigenvalue weighted by Gasteiger charge is -2.16. The first-order chi connectivity index (χ1) is 9.06. The van der Waals surface area contributed by atoms with Gasteiger partial charge in [-0.1, -0.05) is 24.3 Å². The van der Waals surface area contributed by atoms with Gasteiger partial charge in [0.05, 0.1) is 6.10 Å². The van der Waals surface area contributed by atoms with Crippen molar-refractivity contribution < 1.29 is 9.50 Å². The van der Waals surface area contributed by atoms with Crippen LogP contribution in [0.2, 0.25) is 0 Å². The largest absolute Gasteiger partial charge is 0.388 e. The number of nitrogens with zero attached hydrogens (tertiary/aromatic N) is 1. The van der Waals surface area contributed by atoms with Crippen LogP contribution < -0.4 is 4.90 Å². The number of hydrogen-bond donors (Lipinski definition) is 1. The standard InChI is InChI=1S/C16H18FNO/c1-18(2)15-5-3-4-13(11-15)16(19)10-12-6-8-14(17)9-7-12/h3-9,11,16,19H,10H2,1-2H3. The van der Waals surface area contributed by atoms with Crippen molar-refractivity contribution >= 4 is 5.69 Å². The first-order valence-electron chi connectivity index (χ1n) is 6.26. The molecule has 2 nitrogen and oxygen atoms in total. The topological polar surface area (TPSA) is 23.5 Å². The monoisotopic (exact) mass is 259 g/mol. The van der Waals surface area contributed by atoms with Crippen molar-refractivity contribution in [1.82, 2.24) is 0 Å². The number of aliphatic hydroxyl groups excluding tert-OH is 1. The van der Waals surface area contributed by atoms with Gasteiger partial charge in [0, 0.05) is 26.2 Å². The fourth-order valence-electron chi connectivity index (χ4n) is 1.97. The maximum Gasteiger partial charge on any atom is 0.123 e. The third-order valence-corrected chi connectivity index (χ3v) is 3.11. The van der Waals surface area contributed by atoms with E-state index in [4.69, 9.17) is 0 Å². The number of halogens is 1. The second kappa shape index (κ2) is 5.85. The Hall–Kier alpha value is -1.87. The van der Waals surface area contributed by atoms with Crippen LogP contribution in [0.25, 0.3) is 0 Å². The molecule has 1 N–H and O–H groups in total. The summed E-state index contributed by atoms with van der Waals surface area (Å²) in [5, 5.41) is 10.2. The Bertz CT molecular complexity index is 537. The Morgan fingerprint density at radius 1 is 1.11 bits per heavy atom. The Kier molecular flexibility index (Phi) is 4.17. The van der Waals surface area contributed by atoms with E-state index in [1.54, 1.807) is 12.1 Å². The maximum absolute atomic E-state index is 12.8. The molecule has 2 aromatic carbocycles. The van der Waals surface area contributed by atoms with Crippen molar-refractivity contribution in [3.8, 4) is 0 Å². The number of aliphatic hydroxyl groups is 1. The predicted octanol–water partition coefficient (Wildman–Crippen LogP) is 3.17. The van der Waals surface area contributed by atoms with Crippen LogP contribution in [-0.2, 0) is 6.42 Å². The molecule has 0 amide bonds. The second-order valence-electron chi connectivity index (χ2n) is 4.84. The molecule has 0 saturated carbocycles. The molecule has 19 heavy (non-hydrogen) atoms. The van der Waals surface area contributed by atoms with E-state index >= 15 is 0 Å². The third-order valence-electron chi connectivity index (χ3n) is 3.11. The van der Waals surface area contributed by atoms with Crippen molar-refractivity contribution in [3.63, 3.8) is 0 Å². The van der Waals surface area contributed by atoms with E-state index in [0.29, 0.717) is 6.42 Å². The average molecular weight is 259 g/mol. The zero-order chi connectivity index (χ0) is 13.8. The van der Waals surface area contributed by atoms with Gasteiger partial charge in [-0.25, -0.2) is 4.39 Å². The van der Waals surface area contributed by atoms with E-state index in [1.165, 1.54) is 12.1 Å². The summed E-state index contributed by atoms with van der Waals surface area (Å²) < 4.78 is 12.8. The molecule has 0 radical (unpaired) electrons. The van der Waals surface area contributed by atoms with E-state index < -0.39 is 6.10 Å². The van der Waals surface area contributed by atoms with Crippen LogP contribution >= 0.6 is 0 Å². The summed E-state index contributed by atoms with van der Waals surface area (Å²) in [7, 11) is 3.93. The van der Waals surface area contributed by atoms with Crippen LogP contribution in [0.5, 0.6) is 0 Å². The summed E-state index contributed by atoms with van der Waals surface area (Å²) in [6.45, 7) is 0. The molecule has 100 valence electrons. The Balaban J connectivity index is 2.13. The van der Waals surface area contributed by atoms with E-state index in [1.807, 2.05) is 43.3 Å². The van der Waals surface area contributed by atoms with E-state index in [9.17, 15) is 9.50 Å².